The van der Waals surface area contributed by atoms with E-state index in [-0.39, 0.29) is 11.5 Å². The van der Waals surface area contributed by atoms with Crippen LogP contribution in [0.15, 0.2) is 46.3 Å². The third-order valence-corrected chi connectivity index (χ3v) is 8.78. The summed E-state index contributed by atoms with van der Waals surface area (Å²) in [7, 11) is 0. The second-order valence-corrected chi connectivity index (χ2v) is 12.9. The van der Waals surface area contributed by atoms with Gasteiger partial charge in [-0.25, -0.2) is 0 Å². The normalized spacial score (nSPS) is 20.6. The molecular formula is C36H61O5-. The fraction of sp³-hybridized carbons (Fsp3) is 0.750. The number of ether oxygens (including phenoxy) is 1. The molecule has 0 spiro atoms. The van der Waals surface area contributed by atoms with Crippen molar-refractivity contribution >= 4 is 5.97 Å². The van der Waals surface area contributed by atoms with Crippen LogP contribution >= 0.6 is 0 Å². The van der Waals surface area contributed by atoms with Gasteiger partial charge in [-0.05, 0) is 108 Å². The van der Waals surface area contributed by atoms with Crippen LogP contribution in [0.1, 0.15) is 145 Å². The summed E-state index contributed by atoms with van der Waals surface area (Å²) >= 11 is 0. The first kappa shape index (κ1) is 37.2. The van der Waals surface area contributed by atoms with Crippen LogP contribution in [0.3, 0.4) is 0 Å². The van der Waals surface area contributed by atoms with Crippen molar-refractivity contribution in [1.82, 2.24) is 0 Å². The van der Waals surface area contributed by atoms with E-state index in [0.29, 0.717) is 12.3 Å². The molecule has 236 valence electrons. The van der Waals surface area contributed by atoms with E-state index in [4.69, 9.17) is 4.74 Å². The van der Waals surface area contributed by atoms with Crippen LogP contribution < -0.4 is 5.11 Å². The molecule has 5 heteroatoms. The van der Waals surface area contributed by atoms with E-state index in [9.17, 15) is 20.1 Å². The summed E-state index contributed by atoms with van der Waals surface area (Å²) in [6.07, 6.45) is 20.7. The van der Waals surface area contributed by atoms with Gasteiger partial charge < -0.3 is 24.9 Å². The Bertz CT molecular complexity index is 892. The molecule has 0 aromatic heterocycles. The van der Waals surface area contributed by atoms with Gasteiger partial charge in [0.2, 0.25) is 0 Å². The fourth-order valence-electron chi connectivity index (χ4n) is 5.48. The number of aliphatic carboxylic acids is 1. The van der Waals surface area contributed by atoms with Crippen LogP contribution in [0.4, 0.5) is 0 Å². The summed E-state index contributed by atoms with van der Waals surface area (Å²) < 4.78 is 6.32. The zero-order chi connectivity index (χ0) is 30.8. The molecule has 1 aliphatic carbocycles. The maximum atomic E-state index is 10.9. The van der Waals surface area contributed by atoms with E-state index >= 15 is 0 Å². The van der Waals surface area contributed by atoms with Crippen LogP contribution in [0.2, 0.25) is 0 Å². The summed E-state index contributed by atoms with van der Waals surface area (Å²) in [6, 6.07) is 0. The first-order valence-corrected chi connectivity index (χ1v) is 16.4. The molecule has 0 saturated carbocycles. The van der Waals surface area contributed by atoms with Gasteiger partial charge in [-0.3, -0.25) is 0 Å². The molecule has 2 N–H and O–H groups in total. The minimum absolute atomic E-state index is 0.0905. The molecule has 0 radical (unpaired) electrons. The molecule has 0 aromatic carbocycles. The Morgan fingerprint density at radius 1 is 1.07 bits per heavy atom. The SMILES string of the molecule is CCCCCCCCOC1=C(C)C(C)C(O)C=C1CCC(C)CCCC(C)(O)CCC/C(C)=C/C/C=C(\C)C(=O)[O-]. The lowest BCUT2D eigenvalue weighted by molar-refractivity contribution is -0.299. The molecule has 0 aliphatic heterocycles. The Morgan fingerprint density at radius 2 is 1.73 bits per heavy atom. The number of hydrogen-bond acceptors (Lipinski definition) is 5. The van der Waals surface area contributed by atoms with Gasteiger partial charge in [-0.15, -0.1) is 0 Å². The Hall–Kier alpha value is -1.85. The van der Waals surface area contributed by atoms with Crippen LogP contribution in [0.5, 0.6) is 0 Å². The number of carboxylic acids is 1. The van der Waals surface area contributed by atoms with Crippen LogP contribution in [0.25, 0.3) is 0 Å². The molecule has 4 unspecified atom stereocenters. The molecule has 1 aliphatic rings. The molecule has 0 saturated heterocycles. The van der Waals surface area contributed by atoms with E-state index in [1.807, 2.05) is 19.1 Å². The van der Waals surface area contributed by atoms with Gasteiger partial charge in [-0.1, -0.05) is 83.4 Å². The van der Waals surface area contributed by atoms with Gasteiger partial charge in [0, 0.05) is 5.92 Å². The van der Waals surface area contributed by atoms with E-state index in [1.165, 1.54) is 43.3 Å². The quantitative estimate of drug-likeness (QED) is 0.0775. The molecule has 0 amide bonds. The van der Waals surface area contributed by atoms with E-state index in [0.717, 1.165) is 75.7 Å². The van der Waals surface area contributed by atoms with Crippen molar-refractivity contribution in [2.24, 2.45) is 11.8 Å². The molecular weight excluding hydrogens is 512 g/mol. The molecule has 5 nitrogen and oxygen atoms in total. The monoisotopic (exact) mass is 573 g/mol. The second kappa shape index (κ2) is 20.1. The Morgan fingerprint density at radius 3 is 2.41 bits per heavy atom. The lowest BCUT2D eigenvalue weighted by Crippen LogP contribution is -2.24. The Balaban J connectivity index is 2.43. The van der Waals surface area contributed by atoms with Crippen molar-refractivity contribution in [3.05, 3.63) is 46.3 Å². The number of allylic oxidation sites excluding steroid dienone is 4. The van der Waals surface area contributed by atoms with Gasteiger partial charge in [0.25, 0.3) is 0 Å². The highest BCUT2D eigenvalue weighted by Gasteiger charge is 2.26. The zero-order valence-electron chi connectivity index (χ0n) is 27.4. The molecule has 1 rings (SSSR count). The predicted octanol–water partition coefficient (Wildman–Crippen LogP) is 8.12. The van der Waals surface area contributed by atoms with Crippen LogP contribution in [-0.2, 0) is 9.53 Å². The first-order chi connectivity index (χ1) is 19.4. The topological polar surface area (TPSA) is 89.8 Å². The maximum Gasteiger partial charge on any atom is 0.121 e. The number of hydrogen-bond donors (Lipinski definition) is 2. The molecule has 0 fully saturated rings. The molecule has 4 atom stereocenters. The number of rotatable bonds is 22. The summed E-state index contributed by atoms with van der Waals surface area (Å²) in [5.74, 6) is 0.519. The lowest BCUT2D eigenvalue weighted by atomic mass is 9.84. The third kappa shape index (κ3) is 15.8. The van der Waals surface area contributed by atoms with Gasteiger partial charge in [0.15, 0.2) is 0 Å². The van der Waals surface area contributed by atoms with Gasteiger partial charge in [-0.2, -0.15) is 0 Å². The largest absolute Gasteiger partial charge is 0.545 e. The summed E-state index contributed by atoms with van der Waals surface area (Å²) in [5, 5.41) is 32.3. The first-order valence-electron chi connectivity index (χ1n) is 16.4. The Kier molecular flexibility index (Phi) is 18.2. The predicted molar refractivity (Wildman–Crippen MR) is 169 cm³/mol. The molecule has 41 heavy (non-hydrogen) atoms. The lowest BCUT2D eigenvalue weighted by Gasteiger charge is -2.29. The third-order valence-electron chi connectivity index (χ3n) is 8.78. The molecule has 0 aromatic rings. The minimum Gasteiger partial charge on any atom is -0.545 e. The maximum absolute atomic E-state index is 10.9. The number of carboxylic acid groups (broad SMARTS) is 1. The zero-order valence-corrected chi connectivity index (χ0v) is 27.4. The highest BCUT2D eigenvalue weighted by molar-refractivity contribution is 5.83. The van der Waals surface area contributed by atoms with Crippen molar-refractivity contribution in [2.45, 2.75) is 156 Å². The molecule has 0 heterocycles. The van der Waals surface area contributed by atoms with E-state index in [1.54, 1.807) is 13.0 Å². The number of aliphatic hydroxyl groups excluding tert-OH is 1. The van der Waals surface area contributed by atoms with Gasteiger partial charge in [0.1, 0.15) is 5.76 Å². The summed E-state index contributed by atoms with van der Waals surface area (Å²) in [4.78, 5) is 10.8. The Labute approximate surface area is 251 Å². The van der Waals surface area contributed by atoms with Crippen molar-refractivity contribution in [1.29, 1.82) is 0 Å². The summed E-state index contributed by atoms with van der Waals surface area (Å²) in [5.41, 5.74) is 3.13. The minimum atomic E-state index is -1.12. The number of aliphatic hydroxyl groups is 2. The van der Waals surface area contributed by atoms with Gasteiger partial charge >= 0.3 is 0 Å². The standard InChI is InChI=1S/C36H62O5/c1-8-9-10-11-12-13-25-41-34-31(6)30(5)33(37)26-32(34)22-21-28(3)19-16-24-36(7,40)23-15-18-27(2)17-14-20-29(4)35(38)39/h17,20,26,28,30,33,37,40H,8-16,18-19,21-25H2,1-7H3,(H,38,39)/p-1/b27-17+,29-20+. The second-order valence-electron chi connectivity index (χ2n) is 12.9. The van der Waals surface area contributed by atoms with E-state index in [2.05, 4.69) is 34.6 Å². The average molecular weight is 574 g/mol. The number of unbranched alkanes of at least 4 members (excludes halogenated alkanes) is 5. The number of carbonyl (C=O) groups excluding carboxylic acids is 1. The average Bonchev–Trinajstić information content (AvgIpc) is 2.90. The fourth-order valence-corrected chi connectivity index (χ4v) is 5.48. The highest BCUT2D eigenvalue weighted by atomic mass is 16.5. The van der Waals surface area contributed by atoms with Crippen molar-refractivity contribution in [3.8, 4) is 0 Å². The van der Waals surface area contributed by atoms with Crippen molar-refractivity contribution in [2.75, 3.05) is 6.61 Å². The van der Waals surface area contributed by atoms with E-state index < -0.39 is 17.7 Å². The number of carbonyl (C=O) groups is 1. The van der Waals surface area contributed by atoms with Gasteiger partial charge in [0.05, 0.1) is 24.3 Å². The van der Waals surface area contributed by atoms with Crippen molar-refractivity contribution < 1.29 is 24.9 Å². The highest BCUT2D eigenvalue weighted by Crippen LogP contribution is 2.34. The van der Waals surface area contributed by atoms with Crippen LogP contribution in [-0.4, -0.2) is 34.5 Å². The summed E-state index contributed by atoms with van der Waals surface area (Å²) in [6.45, 7) is 15.0. The molecule has 0 bridgehead atoms. The smallest absolute Gasteiger partial charge is 0.121 e. The van der Waals surface area contributed by atoms with Crippen LogP contribution in [0, 0.1) is 11.8 Å². The van der Waals surface area contributed by atoms with Crippen molar-refractivity contribution in [3.63, 3.8) is 0 Å².